The second kappa shape index (κ2) is 15.1. The molecule has 48 heavy (non-hydrogen) atoms. The lowest BCUT2D eigenvalue weighted by Gasteiger charge is -2.40. The number of aromatic nitrogens is 1. The van der Waals surface area contributed by atoms with Crippen LogP contribution in [-0.2, 0) is 5.60 Å². The number of aliphatic hydroxyl groups is 1. The number of benzene rings is 4. The van der Waals surface area contributed by atoms with Crippen molar-refractivity contribution < 1.29 is 9.84 Å². The Labute approximate surface area is 294 Å². The van der Waals surface area contributed by atoms with Crippen LogP contribution in [-0.4, -0.2) is 65.8 Å². The van der Waals surface area contributed by atoms with Crippen LogP contribution in [0.15, 0.2) is 102 Å². The highest BCUT2D eigenvalue weighted by molar-refractivity contribution is 9.10. The van der Waals surface area contributed by atoms with Crippen molar-refractivity contribution in [1.82, 2.24) is 14.8 Å². The third-order valence-electron chi connectivity index (χ3n) is 10.9. The zero-order valence-corrected chi connectivity index (χ0v) is 29.7. The molecular weight excluding hydrogens is 658 g/mol. The second-order valence-electron chi connectivity index (χ2n) is 13.9. The van der Waals surface area contributed by atoms with E-state index >= 15 is 0 Å². The van der Waals surface area contributed by atoms with Crippen LogP contribution in [0.1, 0.15) is 74.0 Å². The lowest BCUT2D eigenvalue weighted by Crippen LogP contribution is -2.46. The van der Waals surface area contributed by atoms with Gasteiger partial charge in [0.2, 0.25) is 5.88 Å². The molecule has 0 aliphatic carbocycles. The number of piperidine rings is 2. The second-order valence-corrected chi connectivity index (χ2v) is 14.8. The van der Waals surface area contributed by atoms with Gasteiger partial charge in [0.25, 0.3) is 0 Å². The Kier molecular flexibility index (Phi) is 10.4. The fourth-order valence-corrected chi connectivity index (χ4v) is 8.69. The minimum atomic E-state index is -1.21. The number of likely N-dealkylation sites (tertiary alicyclic amines) is 2. The molecule has 250 valence electrons. The average molecular weight is 707 g/mol. The summed E-state index contributed by atoms with van der Waals surface area (Å²) in [6, 6.07) is 34.3. The fourth-order valence-electron chi connectivity index (χ4n) is 8.31. The molecule has 5 aromatic rings. The third kappa shape index (κ3) is 7.18. The van der Waals surface area contributed by atoms with E-state index in [9.17, 15) is 5.11 Å². The Morgan fingerprint density at radius 2 is 1.56 bits per heavy atom. The van der Waals surface area contributed by atoms with Gasteiger partial charge < -0.3 is 19.6 Å². The molecule has 1 aromatic heterocycles. The fraction of sp³-hybridized carbons (Fsp3) is 0.405. The molecule has 7 rings (SSSR count). The van der Waals surface area contributed by atoms with Crippen molar-refractivity contribution in [2.45, 2.75) is 68.9 Å². The first kappa shape index (κ1) is 33.2. The Balaban J connectivity index is 1.20. The molecule has 2 atom stereocenters. The molecule has 2 fully saturated rings. The van der Waals surface area contributed by atoms with Crippen molar-refractivity contribution in [2.75, 3.05) is 39.8 Å². The van der Waals surface area contributed by atoms with Crippen molar-refractivity contribution in [3.63, 3.8) is 0 Å². The normalized spacial score (nSPS) is 18.6. The monoisotopic (exact) mass is 705 g/mol. The molecule has 3 heterocycles. The molecule has 6 heteroatoms. The van der Waals surface area contributed by atoms with Gasteiger partial charge in [-0.2, -0.15) is 0 Å². The number of hydrogen-bond donors (Lipinski definition) is 1. The zero-order valence-electron chi connectivity index (χ0n) is 28.2. The minimum absolute atomic E-state index is 0.397. The van der Waals surface area contributed by atoms with Gasteiger partial charge in [-0.15, -0.1) is 0 Å². The predicted octanol–water partition coefficient (Wildman–Crippen LogP) is 9.30. The number of hydrogen-bond acceptors (Lipinski definition) is 5. The van der Waals surface area contributed by atoms with Gasteiger partial charge >= 0.3 is 0 Å². The van der Waals surface area contributed by atoms with Gasteiger partial charge in [0.15, 0.2) is 0 Å². The summed E-state index contributed by atoms with van der Waals surface area (Å²) in [5.74, 6) is 0.153. The largest absolute Gasteiger partial charge is 0.481 e. The van der Waals surface area contributed by atoms with E-state index in [1.807, 2.05) is 18.2 Å². The van der Waals surface area contributed by atoms with Gasteiger partial charge in [-0.25, -0.2) is 4.98 Å². The maximum atomic E-state index is 13.4. The van der Waals surface area contributed by atoms with Crippen LogP contribution in [0.4, 0.5) is 0 Å². The molecule has 4 aromatic carbocycles. The maximum absolute atomic E-state index is 13.4. The molecule has 1 N–H and O–H groups in total. The number of ether oxygens (including phenoxy) is 1. The molecule has 0 amide bonds. The summed E-state index contributed by atoms with van der Waals surface area (Å²) < 4.78 is 7.00. The van der Waals surface area contributed by atoms with E-state index in [1.165, 1.54) is 63.7 Å². The van der Waals surface area contributed by atoms with E-state index in [4.69, 9.17) is 9.72 Å². The Hall–Kier alpha value is -3.29. The van der Waals surface area contributed by atoms with Crippen molar-refractivity contribution >= 4 is 37.6 Å². The summed E-state index contributed by atoms with van der Waals surface area (Å²) in [6.07, 6.45) is 9.26. The number of rotatable bonds is 11. The molecule has 2 saturated heterocycles. The van der Waals surface area contributed by atoms with Crippen LogP contribution in [0.5, 0.6) is 5.88 Å². The number of unbranched alkanes of at least 4 members (excludes halogenated alkanes) is 1. The lowest BCUT2D eigenvalue weighted by atomic mass is 9.71. The van der Waals surface area contributed by atoms with E-state index in [1.54, 1.807) is 7.11 Å². The Morgan fingerprint density at radius 1 is 0.812 bits per heavy atom. The van der Waals surface area contributed by atoms with Gasteiger partial charge in [0, 0.05) is 27.4 Å². The van der Waals surface area contributed by atoms with E-state index in [2.05, 4.69) is 105 Å². The van der Waals surface area contributed by atoms with Crippen LogP contribution < -0.4 is 4.74 Å². The van der Waals surface area contributed by atoms with Crippen LogP contribution in [0.3, 0.4) is 0 Å². The van der Waals surface area contributed by atoms with Crippen LogP contribution >= 0.6 is 15.9 Å². The van der Waals surface area contributed by atoms with Crippen LogP contribution in [0.25, 0.3) is 21.7 Å². The molecule has 5 nitrogen and oxygen atoms in total. The van der Waals surface area contributed by atoms with E-state index in [-0.39, 0.29) is 0 Å². The Morgan fingerprint density at radius 3 is 2.33 bits per heavy atom. The molecule has 0 bridgehead atoms. The van der Waals surface area contributed by atoms with Gasteiger partial charge in [0.05, 0.1) is 12.6 Å². The molecule has 0 saturated carbocycles. The molecule has 0 radical (unpaired) electrons. The predicted molar refractivity (Wildman–Crippen MR) is 201 cm³/mol. The summed E-state index contributed by atoms with van der Waals surface area (Å²) in [4.78, 5) is 10.4. The first-order valence-corrected chi connectivity index (χ1v) is 18.7. The molecular formula is C42H48BrN3O2. The topological polar surface area (TPSA) is 48.8 Å². The number of halogens is 1. The molecule has 2 aliphatic rings. The Bertz CT molecular complexity index is 1820. The molecule has 2 unspecified atom stereocenters. The van der Waals surface area contributed by atoms with Crippen LogP contribution in [0, 0.1) is 0 Å². The molecule has 0 spiro atoms. The van der Waals surface area contributed by atoms with Crippen molar-refractivity contribution in [2.24, 2.45) is 0 Å². The van der Waals surface area contributed by atoms with E-state index in [0.717, 1.165) is 62.9 Å². The standard InChI is InChI=1S/C42H48BrN3O2/c1-48-41-38(30-34-29-36(43)18-19-39(34)44-41)40(32-13-4-2-5-14-32)42(47,35-17-16-31-12-6-7-15-33(31)28-35)22-8-11-23-45-26-20-37(21-27-45)46-24-9-3-10-25-46/h2,4-7,12-19,28-30,37,40,47H,3,8-11,20-27H2,1H3. The van der Waals surface area contributed by atoms with Gasteiger partial charge in [0.1, 0.15) is 5.60 Å². The summed E-state index contributed by atoms with van der Waals surface area (Å²) in [6.45, 7) is 6.01. The first-order valence-electron chi connectivity index (χ1n) is 17.9. The van der Waals surface area contributed by atoms with Crippen molar-refractivity contribution in [3.8, 4) is 5.88 Å². The number of nitrogens with zero attached hydrogens (tertiary/aromatic N) is 3. The first-order chi connectivity index (χ1) is 23.5. The number of methoxy groups -OCH3 is 1. The highest BCUT2D eigenvalue weighted by Crippen LogP contribution is 2.48. The SMILES string of the molecule is COc1nc2ccc(Br)cc2cc1C(c1ccccc1)C(O)(CCCCN1CCC(N2CCCCC2)CC1)c1ccc2ccccc2c1. The summed E-state index contributed by atoms with van der Waals surface area (Å²) in [5.41, 5.74) is 2.52. The van der Waals surface area contributed by atoms with Gasteiger partial charge in [-0.1, -0.05) is 89.1 Å². The van der Waals surface area contributed by atoms with E-state index < -0.39 is 11.5 Å². The number of pyridine rings is 1. The minimum Gasteiger partial charge on any atom is -0.481 e. The average Bonchev–Trinajstić information content (AvgIpc) is 3.14. The lowest BCUT2D eigenvalue weighted by molar-refractivity contribution is 0.00628. The number of fused-ring (bicyclic) bond motifs is 2. The highest BCUT2D eigenvalue weighted by atomic mass is 79.9. The van der Waals surface area contributed by atoms with Gasteiger partial charge in [-0.3, -0.25) is 0 Å². The third-order valence-corrected chi connectivity index (χ3v) is 11.4. The van der Waals surface area contributed by atoms with E-state index in [0.29, 0.717) is 12.3 Å². The smallest absolute Gasteiger partial charge is 0.217 e. The zero-order chi connectivity index (χ0) is 32.9. The van der Waals surface area contributed by atoms with Gasteiger partial charge in [-0.05, 0) is 130 Å². The highest BCUT2D eigenvalue weighted by Gasteiger charge is 2.42. The quantitative estimate of drug-likeness (QED) is 0.139. The maximum Gasteiger partial charge on any atom is 0.217 e. The molecule has 2 aliphatic heterocycles. The van der Waals surface area contributed by atoms with Crippen molar-refractivity contribution in [1.29, 1.82) is 0 Å². The van der Waals surface area contributed by atoms with Crippen molar-refractivity contribution in [3.05, 3.63) is 118 Å². The summed E-state index contributed by atoms with van der Waals surface area (Å²) in [5, 5.41) is 16.7. The summed E-state index contributed by atoms with van der Waals surface area (Å²) >= 11 is 3.66. The van der Waals surface area contributed by atoms with Crippen LogP contribution in [0.2, 0.25) is 0 Å². The summed E-state index contributed by atoms with van der Waals surface area (Å²) in [7, 11) is 1.68.